The SMILES string of the molecule is C#Cc1cnc(=O)[nH]c1NC(=O)OCCSc1ccccc1. The number of carbonyl (C=O) groups excluding carboxylic acids is 1. The zero-order valence-electron chi connectivity index (χ0n) is 11.5. The van der Waals surface area contributed by atoms with E-state index in [4.69, 9.17) is 11.2 Å². The topological polar surface area (TPSA) is 84.1 Å². The number of aromatic nitrogens is 2. The molecule has 0 aliphatic carbocycles. The fourth-order valence-corrected chi connectivity index (χ4v) is 2.30. The predicted molar refractivity (Wildman–Crippen MR) is 84.9 cm³/mol. The van der Waals surface area contributed by atoms with Gasteiger partial charge < -0.3 is 4.74 Å². The molecule has 0 saturated carbocycles. The van der Waals surface area contributed by atoms with Crippen molar-refractivity contribution >= 4 is 23.7 Å². The summed E-state index contributed by atoms with van der Waals surface area (Å²) in [6.07, 6.45) is 5.78. The number of thioether (sulfide) groups is 1. The van der Waals surface area contributed by atoms with E-state index >= 15 is 0 Å². The highest BCUT2D eigenvalue weighted by atomic mass is 32.2. The van der Waals surface area contributed by atoms with E-state index in [1.807, 2.05) is 30.3 Å². The van der Waals surface area contributed by atoms with E-state index in [1.165, 1.54) is 6.20 Å². The van der Waals surface area contributed by atoms with Crippen LogP contribution in [0.4, 0.5) is 10.6 Å². The third-order valence-corrected chi connectivity index (χ3v) is 3.50. The van der Waals surface area contributed by atoms with Gasteiger partial charge in [0.2, 0.25) is 0 Å². The number of terminal acetylenes is 1. The largest absolute Gasteiger partial charge is 0.448 e. The molecule has 0 aliphatic rings. The first-order chi connectivity index (χ1) is 10.7. The van der Waals surface area contributed by atoms with Crippen molar-refractivity contribution in [3.63, 3.8) is 0 Å². The van der Waals surface area contributed by atoms with Gasteiger partial charge in [-0.05, 0) is 12.1 Å². The zero-order valence-corrected chi connectivity index (χ0v) is 12.4. The Bertz CT molecular complexity index is 738. The second kappa shape index (κ2) is 7.90. The van der Waals surface area contributed by atoms with Crippen molar-refractivity contribution in [3.05, 3.63) is 52.6 Å². The highest BCUT2D eigenvalue weighted by Crippen LogP contribution is 2.16. The Morgan fingerprint density at radius 2 is 2.18 bits per heavy atom. The maximum absolute atomic E-state index is 11.6. The number of benzene rings is 1. The van der Waals surface area contributed by atoms with Gasteiger partial charge >= 0.3 is 11.8 Å². The molecule has 0 bridgehead atoms. The number of nitrogens with zero attached hydrogens (tertiary/aromatic N) is 1. The average Bonchev–Trinajstić information content (AvgIpc) is 2.53. The molecule has 0 saturated heterocycles. The van der Waals surface area contributed by atoms with Crippen LogP contribution in [0.25, 0.3) is 0 Å². The molecule has 0 radical (unpaired) electrons. The van der Waals surface area contributed by atoms with Crippen molar-refractivity contribution in [3.8, 4) is 12.3 Å². The van der Waals surface area contributed by atoms with E-state index in [0.29, 0.717) is 5.75 Å². The summed E-state index contributed by atoms with van der Waals surface area (Å²) in [6.45, 7) is 0.228. The summed E-state index contributed by atoms with van der Waals surface area (Å²) in [5.74, 6) is 3.03. The van der Waals surface area contributed by atoms with Gasteiger partial charge in [-0.25, -0.2) is 14.6 Å². The minimum Gasteiger partial charge on any atom is -0.448 e. The van der Waals surface area contributed by atoms with Crippen molar-refractivity contribution in [2.45, 2.75) is 4.90 Å². The van der Waals surface area contributed by atoms with Crippen molar-refractivity contribution in [2.75, 3.05) is 17.7 Å². The number of amides is 1. The first-order valence-electron chi connectivity index (χ1n) is 6.36. The maximum Gasteiger partial charge on any atom is 0.412 e. The lowest BCUT2D eigenvalue weighted by Gasteiger charge is -2.07. The van der Waals surface area contributed by atoms with Gasteiger partial charge in [0.25, 0.3) is 0 Å². The smallest absolute Gasteiger partial charge is 0.412 e. The molecule has 0 aliphatic heterocycles. The minimum absolute atomic E-state index is 0.100. The lowest BCUT2D eigenvalue weighted by molar-refractivity contribution is 0.169. The van der Waals surface area contributed by atoms with Crippen LogP contribution in [0.1, 0.15) is 5.56 Å². The van der Waals surface area contributed by atoms with Gasteiger partial charge in [-0.3, -0.25) is 10.3 Å². The summed E-state index contributed by atoms with van der Waals surface area (Å²) >= 11 is 1.57. The predicted octanol–water partition coefficient (Wildman–Crippen LogP) is 2.09. The van der Waals surface area contributed by atoms with Crippen LogP contribution < -0.4 is 11.0 Å². The number of ether oxygens (including phenoxy) is 1. The Balaban J connectivity index is 1.80. The normalized spacial score (nSPS) is 9.77. The third kappa shape index (κ3) is 4.68. The van der Waals surface area contributed by atoms with Crippen LogP contribution in [0, 0.1) is 12.3 Å². The number of hydrogen-bond donors (Lipinski definition) is 2. The Morgan fingerprint density at radius 1 is 1.41 bits per heavy atom. The van der Waals surface area contributed by atoms with E-state index in [1.54, 1.807) is 11.8 Å². The Hall–Kier alpha value is -2.72. The molecule has 1 aromatic carbocycles. The molecule has 1 aromatic heterocycles. The van der Waals surface area contributed by atoms with Crippen LogP contribution in [0.3, 0.4) is 0 Å². The molecule has 2 aromatic rings. The van der Waals surface area contributed by atoms with Crippen molar-refractivity contribution in [2.24, 2.45) is 0 Å². The van der Waals surface area contributed by atoms with Gasteiger partial charge in [0.15, 0.2) is 0 Å². The molecule has 2 N–H and O–H groups in total. The molecule has 0 spiro atoms. The molecule has 22 heavy (non-hydrogen) atoms. The fourth-order valence-electron chi connectivity index (χ4n) is 1.55. The summed E-state index contributed by atoms with van der Waals surface area (Å²) in [4.78, 5) is 29.7. The highest BCUT2D eigenvalue weighted by molar-refractivity contribution is 7.99. The van der Waals surface area contributed by atoms with Crippen LogP contribution in [0.5, 0.6) is 0 Å². The number of aromatic amines is 1. The van der Waals surface area contributed by atoms with Gasteiger partial charge in [0.05, 0.1) is 11.8 Å². The van der Waals surface area contributed by atoms with Crippen LogP contribution in [-0.2, 0) is 4.74 Å². The van der Waals surface area contributed by atoms with Crippen LogP contribution >= 0.6 is 11.8 Å². The number of carbonyl (C=O) groups is 1. The monoisotopic (exact) mass is 315 g/mol. The molecule has 6 nitrogen and oxygen atoms in total. The summed E-state index contributed by atoms with van der Waals surface area (Å²) in [5.41, 5.74) is -0.329. The zero-order chi connectivity index (χ0) is 15.8. The molecule has 0 atom stereocenters. The van der Waals surface area contributed by atoms with E-state index in [-0.39, 0.29) is 18.0 Å². The second-order valence-electron chi connectivity index (χ2n) is 4.04. The summed E-state index contributed by atoms with van der Waals surface area (Å²) in [7, 11) is 0. The standard InChI is InChI=1S/C15H13N3O3S/c1-2-11-10-16-14(19)17-13(11)18-15(20)21-8-9-22-12-6-4-3-5-7-12/h1,3-7,10H,8-9H2,(H2,16,17,18,19,20). The molecule has 1 heterocycles. The number of rotatable bonds is 5. The Labute approximate surface area is 131 Å². The molecular formula is C15H13N3O3S. The van der Waals surface area contributed by atoms with Crippen molar-refractivity contribution in [1.29, 1.82) is 0 Å². The summed E-state index contributed by atoms with van der Waals surface area (Å²) < 4.78 is 5.03. The quantitative estimate of drug-likeness (QED) is 0.501. The maximum atomic E-state index is 11.6. The summed E-state index contributed by atoms with van der Waals surface area (Å²) in [5, 5.41) is 2.39. The fraction of sp³-hybridized carbons (Fsp3) is 0.133. The first kappa shape index (κ1) is 15.7. The van der Waals surface area contributed by atoms with E-state index in [9.17, 15) is 9.59 Å². The number of anilines is 1. The van der Waals surface area contributed by atoms with Crippen LogP contribution in [0.15, 0.2) is 46.2 Å². The summed E-state index contributed by atoms with van der Waals surface area (Å²) in [6, 6.07) is 9.78. The average molecular weight is 315 g/mol. The van der Waals surface area contributed by atoms with E-state index < -0.39 is 11.8 Å². The molecule has 0 unspecified atom stereocenters. The van der Waals surface area contributed by atoms with Crippen LogP contribution in [-0.4, -0.2) is 28.4 Å². The first-order valence-corrected chi connectivity index (χ1v) is 7.35. The molecule has 0 fully saturated rings. The van der Waals surface area contributed by atoms with Gasteiger partial charge in [-0.15, -0.1) is 18.2 Å². The minimum atomic E-state index is -0.688. The second-order valence-corrected chi connectivity index (χ2v) is 5.21. The van der Waals surface area contributed by atoms with E-state index in [2.05, 4.69) is 21.2 Å². The van der Waals surface area contributed by atoms with Gasteiger partial charge in [0.1, 0.15) is 12.4 Å². The lowest BCUT2D eigenvalue weighted by Crippen LogP contribution is -2.20. The third-order valence-electron chi connectivity index (χ3n) is 2.52. The molecule has 112 valence electrons. The lowest BCUT2D eigenvalue weighted by atomic mass is 10.3. The Morgan fingerprint density at radius 3 is 2.91 bits per heavy atom. The van der Waals surface area contributed by atoms with Gasteiger partial charge in [-0.1, -0.05) is 24.1 Å². The Kier molecular flexibility index (Phi) is 5.63. The van der Waals surface area contributed by atoms with Gasteiger partial charge in [-0.2, -0.15) is 0 Å². The van der Waals surface area contributed by atoms with Gasteiger partial charge in [0, 0.05) is 10.6 Å². The van der Waals surface area contributed by atoms with Crippen LogP contribution in [0.2, 0.25) is 0 Å². The number of hydrogen-bond acceptors (Lipinski definition) is 5. The van der Waals surface area contributed by atoms with Crippen molar-refractivity contribution < 1.29 is 9.53 Å². The molecule has 7 heteroatoms. The van der Waals surface area contributed by atoms with E-state index in [0.717, 1.165) is 4.90 Å². The molecule has 2 rings (SSSR count). The number of H-pyrrole nitrogens is 1. The highest BCUT2D eigenvalue weighted by Gasteiger charge is 2.08. The molecule has 1 amide bonds. The molecular weight excluding hydrogens is 302 g/mol. The number of nitrogens with one attached hydrogen (secondary N) is 2. The van der Waals surface area contributed by atoms with Crippen molar-refractivity contribution in [1.82, 2.24) is 9.97 Å².